The second kappa shape index (κ2) is 10.4. The topological polar surface area (TPSA) is 77.4 Å². The lowest BCUT2D eigenvalue weighted by molar-refractivity contribution is -0.285. The second-order valence-corrected chi connectivity index (χ2v) is 15.1. The number of halogens is 1. The molecule has 0 spiro atoms. The summed E-state index contributed by atoms with van der Waals surface area (Å²) in [6, 6.07) is 0. The van der Waals surface area contributed by atoms with E-state index in [1.807, 2.05) is 6.92 Å². The summed E-state index contributed by atoms with van der Waals surface area (Å²) in [7, 11) is 0. The summed E-state index contributed by atoms with van der Waals surface area (Å²) < 4.78 is 26.2. The van der Waals surface area contributed by atoms with Gasteiger partial charge in [-0.05, 0) is 118 Å². The van der Waals surface area contributed by atoms with E-state index in [4.69, 9.17) is 18.9 Å². The minimum absolute atomic E-state index is 0.0235. The van der Waals surface area contributed by atoms with Crippen LogP contribution in [0.25, 0.3) is 0 Å². The molecule has 0 unspecified atom stereocenters. The third-order valence-corrected chi connectivity index (χ3v) is 11.4. The average Bonchev–Trinajstić information content (AvgIpc) is 3.22. The molecular formula is C30H51BrO6. The van der Waals surface area contributed by atoms with Gasteiger partial charge in [0, 0.05) is 4.83 Å². The molecule has 214 valence electrons. The standard InChI is InChI=1S/C30H51BrO6/c1-19(9-11-22(32)28(6)17-14-23(36-28)26(2,3)33)20-10-12-24-29(7,35-20)18-15-25(34-24)30(8)16-13-21(31)27(4,5)37-30/h20-25,32-33H,1,9-18H2,2-8H3/t20-,21-,22-,23-,24-,25-,28+,29+,30+/m0/s1. The molecule has 4 aliphatic heterocycles. The first kappa shape index (κ1) is 30.0. The van der Waals surface area contributed by atoms with Crippen LogP contribution in [0.4, 0.5) is 0 Å². The van der Waals surface area contributed by atoms with Gasteiger partial charge in [0.1, 0.15) is 0 Å². The Balaban J connectivity index is 1.29. The second-order valence-electron chi connectivity index (χ2n) is 14.0. The van der Waals surface area contributed by atoms with Gasteiger partial charge in [-0.2, -0.15) is 0 Å². The van der Waals surface area contributed by atoms with E-state index in [2.05, 4.69) is 50.2 Å². The molecule has 4 aliphatic rings. The fourth-order valence-electron chi connectivity index (χ4n) is 7.02. The Kier molecular flexibility index (Phi) is 8.44. The molecule has 0 radical (unpaired) electrons. The average molecular weight is 588 g/mol. The zero-order valence-electron chi connectivity index (χ0n) is 24.1. The van der Waals surface area contributed by atoms with E-state index < -0.39 is 17.3 Å². The molecule has 0 aromatic heterocycles. The third kappa shape index (κ3) is 6.18. The largest absolute Gasteiger partial charge is 0.390 e. The number of rotatable bonds is 7. The number of hydrogen-bond donors (Lipinski definition) is 2. The van der Waals surface area contributed by atoms with Crippen LogP contribution >= 0.6 is 15.9 Å². The molecule has 0 aromatic rings. The molecule has 4 saturated heterocycles. The van der Waals surface area contributed by atoms with Crippen LogP contribution in [0.2, 0.25) is 0 Å². The van der Waals surface area contributed by atoms with Gasteiger partial charge in [-0.25, -0.2) is 0 Å². The molecule has 4 rings (SSSR count). The molecule has 4 fully saturated rings. The van der Waals surface area contributed by atoms with Gasteiger partial charge < -0.3 is 29.2 Å². The van der Waals surface area contributed by atoms with Crippen LogP contribution in [-0.2, 0) is 18.9 Å². The highest BCUT2D eigenvalue weighted by Crippen LogP contribution is 2.48. The van der Waals surface area contributed by atoms with Crippen molar-refractivity contribution in [1.29, 1.82) is 0 Å². The van der Waals surface area contributed by atoms with Crippen LogP contribution in [0.15, 0.2) is 12.2 Å². The van der Waals surface area contributed by atoms with Crippen molar-refractivity contribution >= 4 is 15.9 Å². The van der Waals surface area contributed by atoms with Gasteiger partial charge in [-0.3, -0.25) is 0 Å². The van der Waals surface area contributed by atoms with Gasteiger partial charge in [0.2, 0.25) is 0 Å². The first-order chi connectivity index (χ1) is 17.0. The fourth-order valence-corrected chi connectivity index (χ4v) is 7.34. The van der Waals surface area contributed by atoms with E-state index in [1.54, 1.807) is 13.8 Å². The maximum atomic E-state index is 11.0. The van der Waals surface area contributed by atoms with Gasteiger partial charge in [0.25, 0.3) is 0 Å². The number of hydrogen-bond acceptors (Lipinski definition) is 6. The van der Waals surface area contributed by atoms with Crippen molar-refractivity contribution in [2.75, 3.05) is 0 Å². The smallest absolute Gasteiger partial charge is 0.0924 e. The van der Waals surface area contributed by atoms with Gasteiger partial charge in [-0.1, -0.05) is 22.5 Å². The number of aliphatic hydroxyl groups is 2. The number of ether oxygens (including phenoxy) is 4. The Labute approximate surface area is 233 Å². The fraction of sp³-hybridized carbons (Fsp3) is 0.933. The molecule has 0 aliphatic carbocycles. The monoisotopic (exact) mass is 586 g/mol. The van der Waals surface area contributed by atoms with E-state index >= 15 is 0 Å². The van der Waals surface area contributed by atoms with Crippen LogP contribution in [0.5, 0.6) is 0 Å². The van der Waals surface area contributed by atoms with E-state index in [9.17, 15) is 10.2 Å². The highest BCUT2D eigenvalue weighted by Gasteiger charge is 2.54. The molecule has 37 heavy (non-hydrogen) atoms. The Hall–Kier alpha value is -0.0200. The summed E-state index contributed by atoms with van der Waals surface area (Å²) in [6.07, 6.45) is 7.74. The molecule has 0 bridgehead atoms. The van der Waals surface area contributed by atoms with E-state index in [0.29, 0.717) is 17.7 Å². The quantitative estimate of drug-likeness (QED) is 0.282. The molecule has 0 aromatic carbocycles. The first-order valence-corrected chi connectivity index (χ1v) is 15.3. The zero-order chi connectivity index (χ0) is 27.4. The molecule has 0 amide bonds. The Morgan fingerprint density at radius 1 is 0.946 bits per heavy atom. The minimum atomic E-state index is -0.906. The Morgan fingerprint density at radius 2 is 1.59 bits per heavy atom. The van der Waals surface area contributed by atoms with Crippen LogP contribution in [0, 0.1) is 0 Å². The molecule has 2 N–H and O–H groups in total. The van der Waals surface area contributed by atoms with Crippen molar-refractivity contribution in [3.63, 3.8) is 0 Å². The summed E-state index contributed by atoms with van der Waals surface area (Å²) in [5.41, 5.74) is -1.34. The lowest BCUT2D eigenvalue weighted by atomic mass is 9.76. The normalized spacial score (nSPS) is 45.3. The van der Waals surface area contributed by atoms with Crippen molar-refractivity contribution in [2.24, 2.45) is 0 Å². The van der Waals surface area contributed by atoms with Crippen molar-refractivity contribution < 1.29 is 29.2 Å². The predicted octanol–water partition coefficient (Wildman–Crippen LogP) is 5.99. The number of alkyl halides is 1. The summed E-state index contributed by atoms with van der Waals surface area (Å²) in [5.74, 6) is 0. The highest BCUT2D eigenvalue weighted by atomic mass is 79.9. The third-order valence-electron chi connectivity index (χ3n) is 9.84. The maximum Gasteiger partial charge on any atom is 0.0924 e. The number of aliphatic hydroxyl groups excluding tert-OH is 1. The minimum Gasteiger partial charge on any atom is -0.390 e. The SMILES string of the molecule is C=C(CC[C@H](O)[C@@]1(C)CC[C@@H](C(C)(C)O)O1)[C@@H]1CC[C@@H]2O[C@H]([C@@]3(C)CC[C@H](Br)C(C)(C)O3)CC[C@@]2(C)O1. The molecule has 6 nitrogen and oxygen atoms in total. The van der Waals surface area contributed by atoms with Crippen LogP contribution in [0.1, 0.15) is 113 Å². The van der Waals surface area contributed by atoms with E-state index in [0.717, 1.165) is 56.9 Å². The van der Waals surface area contributed by atoms with Gasteiger partial charge in [0.15, 0.2) is 0 Å². The van der Waals surface area contributed by atoms with Gasteiger partial charge in [0.05, 0.1) is 58.5 Å². The zero-order valence-corrected chi connectivity index (χ0v) is 25.7. The lowest BCUT2D eigenvalue weighted by Crippen LogP contribution is -2.62. The van der Waals surface area contributed by atoms with Crippen molar-refractivity contribution in [3.05, 3.63) is 12.2 Å². The van der Waals surface area contributed by atoms with Crippen LogP contribution in [0.3, 0.4) is 0 Å². The number of fused-ring (bicyclic) bond motifs is 1. The van der Waals surface area contributed by atoms with E-state index in [1.165, 1.54) is 0 Å². The summed E-state index contributed by atoms with van der Waals surface area (Å²) in [6.45, 7) is 18.6. The molecule has 4 heterocycles. The summed E-state index contributed by atoms with van der Waals surface area (Å²) >= 11 is 3.80. The molecule has 0 saturated carbocycles. The lowest BCUT2D eigenvalue weighted by Gasteiger charge is -2.55. The summed E-state index contributed by atoms with van der Waals surface area (Å²) in [4.78, 5) is 0.357. The van der Waals surface area contributed by atoms with Crippen LogP contribution in [-0.4, -0.2) is 73.6 Å². The Morgan fingerprint density at radius 3 is 2.22 bits per heavy atom. The van der Waals surface area contributed by atoms with Crippen molar-refractivity contribution in [3.8, 4) is 0 Å². The van der Waals surface area contributed by atoms with Gasteiger partial charge in [-0.15, -0.1) is 0 Å². The van der Waals surface area contributed by atoms with E-state index in [-0.39, 0.29) is 41.2 Å². The first-order valence-electron chi connectivity index (χ1n) is 14.4. The molecule has 7 heteroatoms. The Bertz CT molecular complexity index is 840. The van der Waals surface area contributed by atoms with Crippen molar-refractivity contribution in [1.82, 2.24) is 0 Å². The van der Waals surface area contributed by atoms with Crippen molar-refractivity contribution in [2.45, 2.75) is 176 Å². The summed E-state index contributed by atoms with van der Waals surface area (Å²) in [5, 5.41) is 21.3. The highest BCUT2D eigenvalue weighted by molar-refractivity contribution is 9.09. The molecular weight excluding hydrogens is 536 g/mol. The maximum absolute atomic E-state index is 11.0. The van der Waals surface area contributed by atoms with Crippen LogP contribution < -0.4 is 0 Å². The molecule has 9 atom stereocenters. The van der Waals surface area contributed by atoms with Gasteiger partial charge >= 0.3 is 0 Å². The predicted molar refractivity (Wildman–Crippen MR) is 149 cm³/mol.